The van der Waals surface area contributed by atoms with Gasteiger partial charge in [-0.3, -0.25) is 18.9 Å². The molecule has 10 heteroatoms. The summed E-state index contributed by atoms with van der Waals surface area (Å²) in [6.07, 6.45) is 14.0. The van der Waals surface area contributed by atoms with Crippen molar-refractivity contribution < 1.29 is 14.3 Å². The van der Waals surface area contributed by atoms with Gasteiger partial charge in [0, 0.05) is 35.9 Å². The number of carbonyl (C=O) groups is 1. The van der Waals surface area contributed by atoms with E-state index in [-0.39, 0.29) is 30.1 Å². The SMILES string of the molecule is C[C@H](c1nnc2c(F)cc(-c3cnn(CCO)c3)cn12)N1C=CC2N=CC=CC2C1=O. The zero-order valence-corrected chi connectivity index (χ0v) is 16.7. The number of aliphatic hydroxyl groups is 1. The minimum atomic E-state index is -0.525. The number of allylic oxidation sites excluding steroid dienone is 1. The molecular formula is C21H20FN7O2. The van der Waals surface area contributed by atoms with E-state index in [0.29, 0.717) is 23.5 Å². The summed E-state index contributed by atoms with van der Waals surface area (Å²) in [5.41, 5.74) is 1.37. The molecule has 0 fully saturated rings. The van der Waals surface area contributed by atoms with Crippen LogP contribution >= 0.6 is 0 Å². The molecule has 2 unspecified atom stereocenters. The number of aliphatic imine (C=N–C) groups is 1. The van der Waals surface area contributed by atoms with Crippen molar-refractivity contribution >= 4 is 17.8 Å². The van der Waals surface area contributed by atoms with Crippen LogP contribution in [0.15, 0.2) is 54.1 Å². The third-order valence-electron chi connectivity index (χ3n) is 5.59. The first-order valence-electron chi connectivity index (χ1n) is 9.95. The predicted octanol–water partition coefficient (Wildman–Crippen LogP) is 1.77. The third kappa shape index (κ3) is 3.25. The molecule has 3 atom stereocenters. The number of amides is 1. The summed E-state index contributed by atoms with van der Waals surface area (Å²) in [4.78, 5) is 19.0. The number of nitrogens with zero attached hydrogens (tertiary/aromatic N) is 7. The average molecular weight is 421 g/mol. The molecule has 9 nitrogen and oxygen atoms in total. The maximum Gasteiger partial charge on any atom is 0.236 e. The van der Waals surface area contributed by atoms with Crippen molar-refractivity contribution in [2.75, 3.05) is 6.61 Å². The minimum absolute atomic E-state index is 0.0403. The molecule has 158 valence electrons. The zero-order chi connectivity index (χ0) is 21.5. The smallest absolute Gasteiger partial charge is 0.236 e. The molecule has 5 heterocycles. The first-order chi connectivity index (χ1) is 15.1. The van der Waals surface area contributed by atoms with Gasteiger partial charge in [0.25, 0.3) is 0 Å². The lowest BCUT2D eigenvalue weighted by molar-refractivity contribution is -0.134. The second kappa shape index (κ2) is 7.55. The van der Waals surface area contributed by atoms with Gasteiger partial charge in [-0.1, -0.05) is 6.08 Å². The van der Waals surface area contributed by atoms with Crippen molar-refractivity contribution in [3.8, 4) is 11.1 Å². The van der Waals surface area contributed by atoms with Gasteiger partial charge in [-0.15, -0.1) is 10.2 Å². The minimum Gasteiger partial charge on any atom is -0.394 e. The van der Waals surface area contributed by atoms with Crippen molar-refractivity contribution in [2.24, 2.45) is 10.9 Å². The summed E-state index contributed by atoms with van der Waals surface area (Å²) in [5.74, 6) is -0.533. The van der Waals surface area contributed by atoms with Crippen LogP contribution in [-0.4, -0.2) is 59.2 Å². The maximum absolute atomic E-state index is 14.8. The molecule has 1 amide bonds. The number of hydrogen-bond donors (Lipinski definition) is 1. The monoisotopic (exact) mass is 421 g/mol. The summed E-state index contributed by atoms with van der Waals surface area (Å²) in [6, 6.07) is 0.710. The fourth-order valence-corrected chi connectivity index (χ4v) is 3.94. The number of hydrogen-bond acceptors (Lipinski definition) is 6. The van der Waals surface area contributed by atoms with E-state index in [9.17, 15) is 9.18 Å². The highest BCUT2D eigenvalue weighted by Crippen LogP contribution is 2.30. The van der Waals surface area contributed by atoms with E-state index in [2.05, 4.69) is 20.3 Å². The van der Waals surface area contributed by atoms with Crippen molar-refractivity contribution in [1.29, 1.82) is 0 Å². The van der Waals surface area contributed by atoms with Crippen LogP contribution in [0.4, 0.5) is 4.39 Å². The van der Waals surface area contributed by atoms with E-state index in [4.69, 9.17) is 5.11 Å². The van der Waals surface area contributed by atoms with Gasteiger partial charge < -0.3 is 10.0 Å². The third-order valence-corrected chi connectivity index (χ3v) is 5.59. The molecule has 0 saturated heterocycles. The second-order valence-corrected chi connectivity index (χ2v) is 7.51. The highest BCUT2D eigenvalue weighted by atomic mass is 19.1. The summed E-state index contributed by atoms with van der Waals surface area (Å²) in [7, 11) is 0. The quantitative estimate of drug-likeness (QED) is 0.677. The fourth-order valence-electron chi connectivity index (χ4n) is 3.94. The number of pyridine rings is 1. The van der Waals surface area contributed by atoms with Gasteiger partial charge in [-0.05, 0) is 25.1 Å². The Bertz CT molecular complexity index is 1240. The second-order valence-electron chi connectivity index (χ2n) is 7.51. The first kappa shape index (κ1) is 19.3. The molecule has 2 aliphatic heterocycles. The summed E-state index contributed by atoms with van der Waals surface area (Å²) in [5, 5.41) is 21.4. The van der Waals surface area contributed by atoms with Gasteiger partial charge in [0.15, 0.2) is 17.3 Å². The highest BCUT2D eigenvalue weighted by Gasteiger charge is 2.36. The zero-order valence-electron chi connectivity index (χ0n) is 16.7. The van der Waals surface area contributed by atoms with Gasteiger partial charge in [0.05, 0.1) is 37.4 Å². The number of aromatic nitrogens is 5. The molecule has 0 saturated carbocycles. The van der Waals surface area contributed by atoms with Crippen molar-refractivity contribution in [1.82, 2.24) is 29.3 Å². The molecule has 0 aromatic carbocycles. The standard InChI is InChI=1S/C21H20FN7O2/c1-13(28-6-4-18-16(21(28)31)3-2-5-23-18)19-25-26-20-17(22)9-14(12-29(19)20)15-10-24-27(11-15)7-8-30/h2-6,9-13,16,18,30H,7-8H2,1H3/t13-,16?,18?/m1/s1. The number of aliphatic hydroxyl groups excluding tert-OH is 1. The van der Waals surface area contributed by atoms with E-state index in [1.807, 2.05) is 19.1 Å². The van der Waals surface area contributed by atoms with Crippen LogP contribution in [0, 0.1) is 11.7 Å². The summed E-state index contributed by atoms with van der Waals surface area (Å²) in [6.45, 7) is 2.14. The summed E-state index contributed by atoms with van der Waals surface area (Å²) < 4.78 is 17.9. The predicted molar refractivity (Wildman–Crippen MR) is 111 cm³/mol. The lowest BCUT2D eigenvalue weighted by atomic mass is 9.93. The molecule has 0 bridgehead atoms. The number of rotatable bonds is 5. The Labute approximate surface area is 176 Å². The lowest BCUT2D eigenvalue weighted by Crippen LogP contribution is -2.42. The van der Waals surface area contributed by atoms with E-state index in [0.717, 1.165) is 0 Å². The first-order valence-corrected chi connectivity index (χ1v) is 9.95. The van der Waals surface area contributed by atoms with Crippen LogP contribution < -0.4 is 0 Å². The Kier molecular flexibility index (Phi) is 4.70. The van der Waals surface area contributed by atoms with Gasteiger partial charge in [0.2, 0.25) is 5.91 Å². The van der Waals surface area contributed by atoms with Crippen LogP contribution in [0.5, 0.6) is 0 Å². The number of fused-ring (bicyclic) bond motifs is 2. The van der Waals surface area contributed by atoms with E-state index in [1.54, 1.807) is 51.1 Å². The number of halogens is 1. The molecule has 1 N–H and O–H groups in total. The normalized spacial score (nSPS) is 21.1. The molecule has 0 spiro atoms. The van der Waals surface area contributed by atoms with Gasteiger partial charge in [0.1, 0.15) is 0 Å². The largest absolute Gasteiger partial charge is 0.394 e. The molecule has 0 aliphatic carbocycles. The Morgan fingerprint density at radius 2 is 2.10 bits per heavy atom. The van der Waals surface area contributed by atoms with E-state index >= 15 is 0 Å². The van der Waals surface area contributed by atoms with E-state index in [1.165, 1.54) is 6.07 Å². The van der Waals surface area contributed by atoms with Crippen LogP contribution in [0.3, 0.4) is 0 Å². The Hall–Kier alpha value is -3.66. The molecule has 3 aromatic rings. The molecule has 31 heavy (non-hydrogen) atoms. The molecule has 2 aliphatic rings. The average Bonchev–Trinajstić information content (AvgIpc) is 3.41. The molecular weight excluding hydrogens is 401 g/mol. The Morgan fingerprint density at radius 1 is 1.23 bits per heavy atom. The van der Waals surface area contributed by atoms with Crippen LogP contribution in [0.2, 0.25) is 0 Å². The number of dihydropyridines is 1. The van der Waals surface area contributed by atoms with Gasteiger partial charge in [-0.25, -0.2) is 4.39 Å². The van der Waals surface area contributed by atoms with Crippen LogP contribution in [0.1, 0.15) is 18.8 Å². The van der Waals surface area contributed by atoms with Gasteiger partial charge in [-0.2, -0.15) is 5.10 Å². The molecule has 0 radical (unpaired) electrons. The topological polar surface area (TPSA) is 101 Å². The molecule has 3 aromatic heterocycles. The maximum atomic E-state index is 14.8. The van der Waals surface area contributed by atoms with Crippen molar-refractivity contribution in [2.45, 2.75) is 25.6 Å². The van der Waals surface area contributed by atoms with Crippen molar-refractivity contribution in [3.05, 3.63) is 60.7 Å². The van der Waals surface area contributed by atoms with Crippen molar-refractivity contribution in [3.63, 3.8) is 0 Å². The highest BCUT2D eigenvalue weighted by molar-refractivity contribution is 5.87. The Morgan fingerprint density at radius 3 is 2.94 bits per heavy atom. The fraction of sp³-hybridized carbons (Fsp3) is 0.286. The Balaban J connectivity index is 1.52. The van der Waals surface area contributed by atoms with E-state index < -0.39 is 11.9 Å². The van der Waals surface area contributed by atoms with Crippen LogP contribution in [-0.2, 0) is 11.3 Å². The molecule has 5 rings (SSSR count). The van der Waals surface area contributed by atoms with Crippen LogP contribution in [0.25, 0.3) is 16.8 Å². The number of carbonyl (C=O) groups excluding carboxylic acids is 1. The summed E-state index contributed by atoms with van der Waals surface area (Å²) >= 11 is 0. The lowest BCUT2D eigenvalue weighted by Gasteiger charge is -2.34. The van der Waals surface area contributed by atoms with Gasteiger partial charge >= 0.3 is 0 Å².